The van der Waals surface area contributed by atoms with Crippen molar-refractivity contribution in [3.8, 4) is 0 Å². The van der Waals surface area contributed by atoms with Crippen LogP contribution in [0.25, 0.3) is 0 Å². The molecular formula is C16H15ClN4O2. The molecule has 23 heavy (non-hydrogen) atoms. The highest BCUT2D eigenvalue weighted by Crippen LogP contribution is 2.19. The maximum absolute atomic E-state index is 12.1. The Labute approximate surface area is 138 Å². The first-order chi connectivity index (χ1) is 11.1. The first-order valence-electron chi connectivity index (χ1n) is 7.20. The van der Waals surface area contributed by atoms with Gasteiger partial charge >= 0.3 is 6.03 Å². The molecule has 0 spiro atoms. The molecule has 1 aliphatic carbocycles. The maximum Gasteiger partial charge on any atom is 0.319 e. The summed E-state index contributed by atoms with van der Waals surface area (Å²) >= 11 is 5.76. The van der Waals surface area contributed by atoms with E-state index in [0.29, 0.717) is 23.0 Å². The number of rotatable bonds is 4. The largest absolute Gasteiger partial charge is 0.335 e. The van der Waals surface area contributed by atoms with E-state index in [1.165, 1.54) is 12.3 Å². The van der Waals surface area contributed by atoms with Gasteiger partial charge in [0.25, 0.3) is 5.91 Å². The van der Waals surface area contributed by atoms with Crippen LogP contribution in [0.3, 0.4) is 0 Å². The number of anilines is 2. The van der Waals surface area contributed by atoms with Crippen molar-refractivity contribution < 1.29 is 9.59 Å². The third-order valence-corrected chi connectivity index (χ3v) is 3.51. The Balaban J connectivity index is 1.58. The van der Waals surface area contributed by atoms with Gasteiger partial charge in [-0.1, -0.05) is 11.6 Å². The van der Waals surface area contributed by atoms with Gasteiger partial charge in [-0.05, 0) is 49.2 Å². The van der Waals surface area contributed by atoms with Gasteiger partial charge in [-0.2, -0.15) is 0 Å². The highest BCUT2D eigenvalue weighted by molar-refractivity contribution is 6.29. The number of hydrogen-bond acceptors (Lipinski definition) is 3. The van der Waals surface area contributed by atoms with Crippen molar-refractivity contribution in [3.63, 3.8) is 0 Å². The second kappa shape index (κ2) is 6.66. The zero-order valence-electron chi connectivity index (χ0n) is 12.2. The monoisotopic (exact) mass is 330 g/mol. The van der Waals surface area contributed by atoms with Crippen molar-refractivity contribution >= 4 is 34.9 Å². The smallest absolute Gasteiger partial charge is 0.319 e. The molecule has 1 saturated carbocycles. The number of carbonyl (C=O) groups is 2. The van der Waals surface area contributed by atoms with Crippen molar-refractivity contribution in [2.24, 2.45) is 0 Å². The summed E-state index contributed by atoms with van der Waals surface area (Å²) in [5.41, 5.74) is 1.71. The SMILES string of the molecule is O=C(Nc1ccc(NC(=O)c2ccnc(Cl)c2)cc1)NC1CC1. The molecule has 6 nitrogen and oxygen atoms in total. The number of amides is 3. The lowest BCUT2D eigenvalue weighted by atomic mass is 10.2. The average molecular weight is 331 g/mol. The second-order valence-electron chi connectivity index (χ2n) is 5.27. The van der Waals surface area contributed by atoms with Crippen LogP contribution in [0.2, 0.25) is 5.15 Å². The molecule has 0 atom stereocenters. The molecule has 0 radical (unpaired) electrons. The molecule has 1 heterocycles. The van der Waals surface area contributed by atoms with Crippen molar-refractivity contribution in [1.82, 2.24) is 10.3 Å². The molecule has 0 unspecified atom stereocenters. The van der Waals surface area contributed by atoms with Gasteiger partial charge in [0, 0.05) is 29.2 Å². The van der Waals surface area contributed by atoms with Crippen LogP contribution in [0.5, 0.6) is 0 Å². The molecular weight excluding hydrogens is 316 g/mol. The lowest BCUT2D eigenvalue weighted by molar-refractivity contribution is 0.102. The third-order valence-electron chi connectivity index (χ3n) is 3.30. The standard InChI is InChI=1S/C16H15ClN4O2/c17-14-9-10(7-8-18-14)15(22)19-11-1-3-12(4-2-11)20-16(23)21-13-5-6-13/h1-4,7-9,13H,5-6H2,(H,19,22)(H2,20,21,23). The minimum Gasteiger partial charge on any atom is -0.335 e. The maximum atomic E-state index is 12.1. The predicted molar refractivity (Wildman–Crippen MR) is 88.8 cm³/mol. The van der Waals surface area contributed by atoms with Crippen LogP contribution in [0.1, 0.15) is 23.2 Å². The number of carbonyl (C=O) groups excluding carboxylic acids is 2. The number of nitrogens with one attached hydrogen (secondary N) is 3. The average Bonchev–Trinajstić information content (AvgIpc) is 3.33. The van der Waals surface area contributed by atoms with Crippen LogP contribution in [0.4, 0.5) is 16.2 Å². The Morgan fingerprint density at radius 2 is 1.70 bits per heavy atom. The minimum absolute atomic E-state index is 0.212. The summed E-state index contributed by atoms with van der Waals surface area (Å²) in [6, 6.07) is 10.1. The van der Waals surface area contributed by atoms with E-state index in [4.69, 9.17) is 11.6 Å². The molecule has 0 aliphatic heterocycles. The van der Waals surface area contributed by atoms with Crippen molar-refractivity contribution in [2.75, 3.05) is 10.6 Å². The molecule has 2 aromatic rings. The molecule has 1 aromatic carbocycles. The molecule has 1 aliphatic rings. The van der Waals surface area contributed by atoms with Gasteiger partial charge in [-0.3, -0.25) is 4.79 Å². The van der Waals surface area contributed by atoms with Gasteiger partial charge in [0.15, 0.2) is 0 Å². The number of halogens is 1. The van der Waals surface area contributed by atoms with Crippen LogP contribution in [-0.2, 0) is 0 Å². The van der Waals surface area contributed by atoms with Crippen molar-refractivity contribution in [1.29, 1.82) is 0 Å². The Hall–Kier alpha value is -2.60. The van der Waals surface area contributed by atoms with Crippen LogP contribution < -0.4 is 16.0 Å². The van der Waals surface area contributed by atoms with Crippen LogP contribution in [-0.4, -0.2) is 23.0 Å². The highest BCUT2D eigenvalue weighted by atomic mass is 35.5. The molecule has 1 fully saturated rings. The van der Waals surface area contributed by atoms with Crippen molar-refractivity contribution in [2.45, 2.75) is 18.9 Å². The van der Waals surface area contributed by atoms with Gasteiger partial charge in [0.05, 0.1) is 0 Å². The summed E-state index contributed by atoms with van der Waals surface area (Å²) in [4.78, 5) is 27.5. The number of aromatic nitrogens is 1. The first-order valence-corrected chi connectivity index (χ1v) is 7.58. The predicted octanol–water partition coefficient (Wildman–Crippen LogP) is 3.27. The second-order valence-corrected chi connectivity index (χ2v) is 5.66. The van der Waals surface area contributed by atoms with Crippen LogP contribution in [0.15, 0.2) is 42.6 Å². The fourth-order valence-corrected chi connectivity index (χ4v) is 2.14. The number of urea groups is 1. The molecule has 3 amide bonds. The Bertz CT molecular complexity index is 729. The molecule has 7 heteroatoms. The molecule has 118 valence electrons. The zero-order chi connectivity index (χ0) is 16.2. The van der Waals surface area contributed by atoms with E-state index in [1.54, 1.807) is 30.3 Å². The summed E-state index contributed by atoms with van der Waals surface area (Å²) in [6.45, 7) is 0. The number of nitrogens with zero attached hydrogens (tertiary/aromatic N) is 1. The van der Waals surface area contributed by atoms with Crippen LogP contribution in [0, 0.1) is 0 Å². The summed E-state index contributed by atoms with van der Waals surface area (Å²) < 4.78 is 0. The number of benzene rings is 1. The first kappa shape index (κ1) is 15.3. The number of pyridine rings is 1. The normalized spacial score (nSPS) is 13.3. The minimum atomic E-state index is -0.276. The highest BCUT2D eigenvalue weighted by Gasteiger charge is 2.23. The van der Waals surface area contributed by atoms with E-state index in [-0.39, 0.29) is 17.1 Å². The van der Waals surface area contributed by atoms with E-state index in [1.807, 2.05) is 0 Å². The van der Waals surface area contributed by atoms with Gasteiger partial charge in [-0.15, -0.1) is 0 Å². The van der Waals surface area contributed by atoms with Gasteiger partial charge in [0.1, 0.15) is 5.15 Å². The zero-order valence-corrected chi connectivity index (χ0v) is 12.9. The Kier molecular flexibility index (Phi) is 4.43. The molecule has 1 aromatic heterocycles. The van der Waals surface area contributed by atoms with E-state index in [0.717, 1.165) is 12.8 Å². The fraction of sp³-hybridized carbons (Fsp3) is 0.188. The summed E-state index contributed by atoms with van der Waals surface area (Å²) in [6.07, 6.45) is 3.55. The Morgan fingerprint density at radius 3 is 2.30 bits per heavy atom. The Morgan fingerprint density at radius 1 is 1.04 bits per heavy atom. The molecule has 0 saturated heterocycles. The van der Waals surface area contributed by atoms with E-state index >= 15 is 0 Å². The lowest BCUT2D eigenvalue weighted by Gasteiger charge is -2.08. The van der Waals surface area contributed by atoms with Gasteiger partial charge in [-0.25, -0.2) is 9.78 Å². The topological polar surface area (TPSA) is 83.1 Å². The summed E-state index contributed by atoms with van der Waals surface area (Å²) in [5, 5.41) is 8.60. The summed E-state index contributed by atoms with van der Waals surface area (Å²) in [7, 11) is 0. The molecule has 0 bridgehead atoms. The molecule has 3 rings (SSSR count). The van der Waals surface area contributed by atoms with Crippen molar-refractivity contribution in [3.05, 3.63) is 53.3 Å². The third kappa shape index (κ3) is 4.43. The van der Waals surface area contributed by atoms with Gasteiger partial charge < -0.3 is 16.0 Å². The number of hydrogen-bond donors (Lipinski definition) is 3. The van der Waals surface area contributed by atoms with Crippen LogP contribution >= 0.6 is 11.6 Å². The van der Waals surface area contributed by atoms with E-state index in [2.05, 4.69) is 20.9 Å². The lowest BCUT2D eigenvalue weighted by Crippen LogP contribution is -2.30. The quantitative estimate of drug-likeness (QED) is 0.752. The fourth-order valence-electron chi connectivity index (χ4n) is 1.96. The van der Waals surface area contributed by atoms with Gasteiger partial charge in [0.2, 0.25) is 0 Å². The summed E-state index contributed by atoms with van der Waals surface area (Å²) in [5.74, 6) is -0.276. The molecule has 3 N–H and O–H groups in total. The van der Waals surface area contributed by atoms with E-state index < -0.39 is 0 Å². The van der Waals surface area contributed by atoms with E-state index in [9.17, 15) is 9.59 Å².